The minimum absolute atomic E-state index is 0.275. The SMILES string of the molecule is O=C(O)N[C@@H](Cc1ccc(Cl)cc1)C(=O)NCCBr. The Labute approximate surface area is 124 Å². The Balaban J connectivity index is 2.70. The number of benzene rings is 1. The molecule has 0 radical (unpaired) electrons. The third-order valence-electron chi connectivity index (χ3n) is 2.36. The quantitative estimate of drug-likeness (QED) is 0.688. The van der Waals surface area contributed by atoms with Crippen molar-refractivity contribution in [2.45, 2.75) is 12.5 Å². The third kappa shape index (κ3) is 5.94. The second kappa shape index (κ2) is 8.01. The van der Waals surface area contributed by atoms with E-state index in [1.54, 1.807) is 24.3 Å². The smallest absolute Gasteiger partial charge is 0.405 e. The van der Waals surface area contributed by atoms with Crippen molar-refractivity contribution in [3.05, 3.63) is 34.9 Å². The summed E-state index contributed by atoms with van der Waals surface area (Å²) < 4.78 is 0. The largest absolute Gasteiger partial charge is 0.465 e. The fraction of sp³-hybridized carbons (Fsp3) is 0.333. The predicted molar refractivity (Wildman–Crippen MR) is 76.9 cm³/mol. The molecule has 0 saturated heterocycles. The molecule has 104 valence electrons. The lowest BCUT2D eigenvalue weighted by Gasteiger charge is -2.16. The van der Waals surface area contributed by atoms with Crippen molar-refractivity contribution in [3.8, 4) is 0 Å². The van der Waals surface area contributed by atoms with Gasteiger partial charge in [-0.3, -0.25) is 4.79 Å². The summed E-state index contributed by atoms with van der Waals surface area (Å²) in [5.41, 5.74) is 0.831. The molecule has 1 aromatic rings. The summed E-state index contributed by atoms with van der Waals surface area (Å²) in [6, 6.07) is 6.10. The first kappa shape index (κ1) is 15.8. The van der Waals surface area contributed by atoms with Crippen molar-refractivity contribution in [1.29, 1.82) is 0 Å². The molecule has 0 heterocycles. The van der Waals surface area contributed by atoms with E-state index in [2.05, 4.69) is 26.6 Å². The highest BCUT2D eigenvalue weighted by molar-refractivity contribution is 9.09. The highest BCUT2D eigenvalue weighted by Gasteiger charge is 2.20. The van der Waals surface area contributed by atoms with E-state index in [1.807, 2.05) is 0 Å². The summed E-state index contributed by atoms with van der Waals surface area (Å²) >= 11 is 8.96. The van der Waals surface area contributed by atoms with E-state index in [1.165, 1.54) is 0 Å². The van der Waals surface area contributed by atoms with Crippen LogP contribution in [0.5, 0.6) is 0 Å². The van der Waals surface area contributed by atoms with Crippen molar-refractivity contribution in [2.24, 2.45) is 0 Å². The van der Waals surface area contributed by atoms with E-state index in [0.717, 1.165) is 5.56 Å². The number of amides is 2. The summed E-state index contributed by atoms with van der Waals surface area (Å²) in [7, 11) is 0. The summed E-state index contributed by atoms with van der Waals surface area (Å²) in [4.78, 5) is 22.5. The van der Waals surface area contributed by atoms with E-state index in [0.29, 0.717) is 16.9 Å². The van der Waals surface area contributed by atoms with Gasteiger partial charge >= 0.3 is 6.09 Å². The van der Waals surface area contributed by atoms with Gasteiger partial charge in [0.1, 0.15) is 6.04 Å². The van der Waals surface area contributed by atoms with Gasteiger partial charge in [0, 0.05) is 23.3 Å². The summed E-state index contributed by atoms with van der Waals surface area (Å²) in [5, 5.41) is 14.8. The Morgan fingerprint density at radius 3 is 2.47 bits per heavy atom. The first-order valence-corrected chi connectivity index (χ1v) is 7.10. The number of carbonyl (C=O) groups excluding carboxylic acids is 1. The van der Waals surface area contributed by atoms with Gasteiger partial charge in [0.05, 0.1) is 0 Å². The van der Waals surface area contributed by atoms with Crippen LogP contribution in [-0.4, -0.2) is 35.0 Å². The maximum absolute atomic E-state index is 11.8. The molecule has 2 amide bonds. The molecular weight excluding hydrogens is 336 g/mol. The first-order chi connectivity index (χ1) is 9.02. The van der Waals surface area contributed by atoms with Crippen LogP contribution >= 0.6 is 27.5 Å². The van der Waals surface area contributed by atoms with Gasteiger partial charge in [0.25, 0.3) is 0 Å². The lowest BCUT2D eigenvalue weighted by Crippen LogP contribution is -2.48. The molecule has 0 saturated carbocycles. The number of halogens is 2. The standard InChI is InChI=1S/C12H14BrClN2O3/c13-5-6-15-11(17)10(16-12(18)19)7-8-1-3-9(14)4-2-8/h1-4,10,16H,5-7H2,(H,15,17)(H,18,19)/t10-/m0/s1. The number of carbonyl (C=O) groups is 2. The topological polar surface area (TPSA) is 78.4 Å². The molecule has 0 bridgehead atoms. The Bertz CT molecular complexity index is 439. The van der Waals surface area contributed by atoms with Gasteiger partial charge in [-0.15, -0.1) is 0 Å². The molecule has 0 aliphatic carbocycles. The van der Waals surface area contributed by atoms with Gasteiger partial charge < -0.3 is 15.7 Å². The minimum Gasteiger partial charge on any atom is -0.465 e. The van der Waals surface area contributed by atoms with E-state index in [9.17, 15) is 9.59 Å². The zero-order valence-corrected chi connectivity index (χ0v) is 12.4. The average Bonchev–Trinajstić information content (AvgIpc) is 2.37. The lowest BCUT2D eigenvalue weighted by molar-refractivity contribution is -0.122. The zero-order valence-electron chi connectivity index (χ0n) is 10.0. The minimum atomic E-state index is -1.23. The Hall–Kier alpha value is -1.27. The Morgan fingerprint density at radius 2 is 1.95 bits per heavy atom. The summed E-state index contributed by atoms with van der Waals surface area (Å²) in [6.45, 7) is 0.442. The lowest BCUT2D eigenvalue weighted by atomic mass is 10.1. The average molecular weight is 350 g/mol. The molecular formula is C12H14BrClN2O3. The molecule has 0 aromatic heterocycles. The van der Waals surface area contributed by atoms with E-state index < -0.39 is 12.1 Å². The van der Waals surface area contributed by atoms with E-state index in [-0.39, 0.29) is 12.3 Å². The molecule has 1 aromatic carbocycles. The van der Waals surface area contributed by atoms with E-state index in [4.69, 9.17) is 16.7 Å². The maximum atomic E-state index is 11.8. The molecule has 19 heavy (non-hydrogen) atoms. The molecule has 0 fully saturated rings. The molecule has 1 atom stereocenters. The molecule has 0 unspecified atom stereocenters. The zero-order chi connectivity index (χ0) is 14.3. The number of rotatable bonds is 6. The molecule has 7 heteroatoms. The van der Waals surface area contributed by atoms with Crippen LogP contribution in [0.15, 0.2) is 24.3 Å². The van der Waals surface area contributed by atoms with Gasteiger partial charge in [-0.1, -0.05) is 39.7 Å². The first-order valence-electron chi connectivity index (χ1n) is 5.60. The fourth-order valence-corrected chi connectivity index (χ4v) is 1.83. The number of hydrogen-bond acceptors (Lipinski definition) is 2. The number of carboxylic acid groups (broad SMARTS) is 1. The number of hydrogen-bond donors (Lipinski definition) is 3. The third-order valence-corrected chi connectivity index (χ3v) is 3.01. The van der Waals surface area contributed by atoms with Crippen molar-refractivity contribution in [3.63, 3.8) is 0 Å². The van der Waals surface area contributed by atoms with Crippen LogP contribution in [0.25, 0.3) is 0 Å². The van der Waals surface area contributed by atoms with Crippen LogP contribution < -0.4 is 10.6 Å². The van der Waals surface area contributed by atoms with Gasteiger partial charge in [-0.05, 0) is 17.7 Å². The van der Waals surface area contributed by atoms with Gasteiger partial charge in [0.15, 0.2) is 0 Å². The van der Waals surface area contributed by atoms with Crippen molar-refractivity contribution in [1.82, 2.24) is 10.6 Å². The van der Waals surface area contributed by atoms with Crippen LogP contribution in [0.2, 0.25) is 5.02 Å². The number of nitrogens with one attached hydrogen (secondary N) is 2. The van der Waals surface area contributed by atoms with Crippen molar-refractivity contribution in [2.75, 3.05) is 11.9 Å². The molecule has 0 spiro atoms. The predicted octanol–water partition coefficient (Wildman–Crippen LogP) is 2.03. The highest BCUT2D eigenvalue weighted by atomic mass is 79.9. The Kier molecular flexibility index (Phi) is 6.66. The van der Waals surface area contributed by atoms with Crippen molar-refractivity contribution >= 4 is 39.5 Å². The van der Waals surface area contributed by atoms with Crippen LogP contribution in [0.1, 0.15) is 5.56 Å². The van der Waals surface area contributed by atoms with Gasteiger partial charge in [-0.2, -0.15) is 0 Å². The summed E-state index contributed by atoms with van der Waals surface area (Å²) in [6.07, 6.45) is -0.953. The summed E-state index contributed by atoms with van der Waals surface area (Å²) in [5.74, 6) is -0.350. The van der Waals surface area contributed by atoms with Gasteiger partial charge in [-0.25, -0.2) is 4.79 Å². The molecule has 0 aliphatic heterocycles. The molecule has 0 aliphatic rings. The monoisotopic (exact) mass is 348 g/mol. The van der Waals surface area contributed by atoms with Crippen LogP contribution in [0.3, 0.4) is 0 Å². The fourth-order valence-electron chi connectivity index (χ4n) is 1.51. The second-order valence-corrected chi connectivity index (χ2v) is 5.04. The second-order valence-electron chi connectivity index (χ2n) is 3.81. The number of alkyl halides is 1. The highest BCUT2D eigenvalue weighted by Crippen LogP contribution is 2.11. The normalized spacial score (nSPS) is 11.7. The maximum Gasteiger partial charge on any atom is 0.405 e. The Morgan fingerprint density at radius 1 is 1.32 bits per heavy atom. The van der Waals surface area contributed by atoms with Gasteiger partial charge in [0.2, 0.25) is 5.91 Å². The van der Waals surface area contributed by atoms with Crippen LogP contribution in [0, 0.1) is 0 Å². The molecule has 3 N–H and O–H groups in total. The molecule has 1 rings (SSSR count). The molecule has 5 nitrogen and oxygen atoms in total. The van der Waals surface area contributed by atoms with E-state index >= 15 is 0 Å². The van der Waals surface area contributed by atoms with Crippen molar-refractivity contribution < 1.29 is 14.7 Å². The van der Waals surface area contributed by atoms with Crippen LogP contribution in [0.4, 0.5) is 4.79 Å². The van der Waals surface area contributed by atoms with Crippen LogP contribution in [-0.2, 0) is 11.2 Å².